The van der Waals surface area contributed by atoms with Crippen LogP contribution >= 0.6 is 0 Å². The van der Waals surface area contributed by atoms with Crippen molar-refractivity contribution in [2.45, 2.75) is 45.8 Å². The topological polar surface area (TPSA) is 68.3 Å². The molecule has 0 atom stereocenters. The van der Waals surface area contributed by atoms with Crippen LogP contribution in [0.25, 0.3) is 5.65 Å². The van der Waals surface area contributed by atoms with E-state index in [1.165, 1.54) is 11.0 Å². The maximum atomic E-state index is 13.6. The Morgan fingerprint density at radius 3 is 2.38 bits per heavy atom. The van der Waals surface area contributed by atoms with Gasteiger partial charge in [-0.25, -0.2) is 9.50 Å². The molecule has 0 aliphatic carbocycles. The summed E-state index contributed by atoms with van der Waals surface area (Å²) in [4.78, 5) is 18.5. The highest BCUT2D eigenvalue weighted by Crippen LogP contribution is 2.32. The Morgan fingerprint density at radius 1 is 1.21 bits per heavy atom. The summed E-state index contributed by atoms with van der Waals surface area (Å²) in [5.74, 6) is -0.496. The van der Waals surface area contributed by atoms with Gasteiger partial charge < -0.3 is 4.90 Å². The molecular weight excluding hydrogens is 385 g/mol. The molecule has 156 valence electrons. The van der Waals surface area contributed by atoms with Crippen LogP contribution in [0.15, 0.2) is 18.3 Å². The van der Waals surface area contributed by atoms with Gasteiger partial charge in [-0.05, 0) is 13.0 Å². The van der Waals surface area contributed by atoms with Gasteiger partial charge in [-0.15, -0.1) is 0 Å². The van der Waals surface area contributed by atoms with Crippen LogP contribution in [0.2, 0.25) is 0 Å². The zero-order chi connectivity index (χ0) is 21.7. The Kier molecular flexibility index (Phi) is 4.92. The van der Waals surface area contributed by atoms with E-state index in [1.54, 1.807) is 45.7 Å². The fourth-order valence-corrected chi connectivity index (χ4v) is 2.89. The SMILES string of the molecule is Cc1c(CN(C)C(=O)c2cc3nc(C(C)(C)C)cc(C(F)(F)F)n3n2)cnn1C. The van der Waals surface area contributed by atoms with Crippen LogP contribution in [-0.2, 0) is 25.2 Å². The Morgan fingerprint density at radius 2 is 1.86 bits per heavy atom. The lowest BCUT2D eigenvalue weighted by Crippen LogP contribution is -2.27. The summed E-state index contributed by atoms with van der Waals surface area (Å²) >= 11 is 0. The minimum atomic E-state index is -4.63. The molecule has 29 heavy (non-hydrogen) atoms. The molecule has 0 aromatic carbocycles. The molecule has 0 saturated carbocycles. The van der Waals surface area contributed by atoms with E-state index < -0.39 is 23.2 Å². The smallest absolute Gasteiger partial charge is 0.336 e. The van der Waals surface area contributed by atoms with E-state index in [1.807, 2.05) is 6.92 Å². The van der Waals surface area contributed by atoms with Crippen LogP contribution in [0.3, 0.4) is 0 Å². The second-order valence-electron chi connectivity index (χ2n) is 8.11. The third kappa shape index (κ3) is 3.96. The average Bonchev–Trinajstić information content (AvgIpc) is 3.16. The minimum Gasteiger partial charge on any atom is -0.336 e. The lowest BCUT2D eigenvalue weighted by Gasteiger charge is -2.19. The number of alkyl halides is 3. The van der Waals surface area contributed by atoms with Crippen molar-refractivity contribution in [2.24, 2.45) is 7.05 Å². The first-order chi connectivity index (χ1) is 13.3. The van der Waals surface area contributed by atoms with Crippen molar-refractivity contribution in [2.75, 3.05) is 7.05 Å². The Bertz CT molecular complexity index is 1070. The summed E-state index contributed by atoms with van der Waals surface area (Å²) in [7, 11) is 3.36. The number of carbonyl (C=O) groups is 1. The summed E-state index contributed by atoms with van der Waals surface area (Å²) in [5.41, 5.74) is 0.349. The minimum absolute atomic E-state index is 0.0148. The molecule has 0 saturated heterocycles. The Hall–Kier alpha value is -2.91. The fraction of sp³-hybridized carbons (Fsp3) is 0.474. The second-order valence-corrected chi connectivity index (χ2v) is 8.11. The third-order valence-electron chi connectivity index (χ3n) is 4.80. The quantitative estimate of drug-likeness (QED) is 0.667. The van der Waals surface area contributed by atoms with E-state index in [9.17, 15) is 18.0 Å². The number of rotatable bonds is 3. The predicted molar refractivity (Wildman–Crippen MR) is 100 cm³/mol. The van der Waals surface area contributed by atoms with Crippen LogP contribution in [0, 0.1) is 6.92 Å². The van der Waals surface area contributed by atoms with Gasteiger partial charge in [-0.1, -0.05) is 20.8 Å². The zero-order valence-electron chi connectivity index (χ0n) is 17.2. The molecule has 0 aliphatic heterocycles. The molecule has 0 bridgehead atoms. The summed E-state index contributed by atoms with van der Waals surface area (Å²) in [6, 6.07) is 2.27. The van der Waals surface area contributed by atoms with Gasteiger partial charge >= 0.3 is 6.18 Å². The first kappa shape index (κ1) is 20.8. The lowest BCUT2D eigenvalue weighted by molar-refractivity contribution is -0.142. The molecule has 10 heteroatoms. The molecule has 3 heterocycles. The molecule has 0 unspecified atom stereocenters. The standard InChI is InChI=1S/C19H23F3N6O/c1-11-12(9-23-27(11)6)10-26(5)17(29)13-7-16-24-14(18(2,3)4)8-15(19(20,21)22)28(16)25-13/h7-9H,10H2,1-6H3. The van der Waals surface area contributed by atoms with E-state index in [2.05, 4.69) is 15.2 Å². The molecule has 3 aromatic rings. The van der Waals surface area contributed by atoms with E-state index >= 15 is 0 Å². The van der Waals surface area contributed by atoms with Gasteiger partial charge in [0.05, 0.1) is 11.9 Å². The molecule has 0 fully saturated rings. The summed E-state index contributed by atoms with van der Waals surface area (Å²) < 4.78 is 43.2. The van der Waals surface area contributed by atoms with E-state index in [-0.39, 0.29) is 23.6 Å². The summed E-state index contributed by atoms with van der Waals surface area (Å²) in [5, 5.41) is 8.05. The van der Waals surface area contributed by atoms with Gasteiger partial charge in [0.25, 0.3) is 5.91 Å². The highest BCUT2D eigenvalue weighted by molar-refractivity contribution is 5.93. The number of carbonyl (C=O) groups excluding carboxylic acids is 1. The van der Waals surface area contributed by atoms with Crippen molar-refractivity contribution < 1.29 is 18.0 Å². The van der Waals surface area contributed by atoms with Crippen molar-refractivity contribution in [3.05, 3.63) is 46.7 Å². The maximum Gasteiger partial charge on any atom is 0.433 e. The van der Waals surface area contributed by atoms with E-state index in [0.717, 1.165) is 17.3 Å². The van der Waals surface area contributed by atoms with E-state index in [0.29, 0.717) is 4.52 Å². The van der Waals surface area contributed by atoms with Gasteiger partial charge in [0.1, 0.15) is 5.69 Å². The average molecular weight is 408 g/mol. The van der Waals surface area contributed by atoms with Gasteiger partial charge in [-0.3, -0.25) is 9.48 Å². The number of aryl methyl sites for hydroxylation is 1. The molecule has 0 spiro atoms. The largest absolute Gasteiger partial charge is 0.433 e. The van der Waals surface area contributed by atoms with Crippen molar-refractivity contribution in [3.63, 3.8) is 0 Å². The van der Waals surface area contributed by atoms with Gasteiger partial charge in [0.2, 0.25) is 0 Å². The van der Waals surface area contributed by atoms with Crippen LogP contribution in [0.4, 0.5) is 13.2 Å². The van der Waals surface area contributed by atoms with Crippen molar-refractivity contribution in [3.8, 4) is 0 Å². The van der Waals surface area contributed by atoms with Crippen molar-refractivity contribution in [1.82, 2.24) is 29.3 Å². The van der Waals surface area contributed by atoms with E-state index in [4.69, 9.17) is 0 Å². The molecule has 0 N–H and O–H groups in total. The first-order valence-electron chi connectivity index (χ1n) is 9.00. The highest BCUT2D eigenvalue weighted by atomic mass is 19.4. The van der Waals surface area contributed by atoms with Crippen LogP contribution < -0.4 is 0 Å². The zero-order valence-corrected chi connectivity index (χ0v) is 17.2. The number of fused-ring (bicyclic) bond motifs is 1. The third-order valence-corrected chi connectivity index (χ3v) is 4.80. The van der Waals surface area contributed by atoms with Gasteiger partial charge in [0, 0.05) is 43.4 Å². The monoisotopic (exact) mass is 408 g/mol. The maximum absolute atomic E-state index is 13.6. The van der Waals surface area contributed by atoms with Crippen molar-refractivity contribution in [1.29, 1.82) is 0 Å². The van der Waals surface area contributed by atoms with Crippen LogP contribution in [0.1, 0.15) is 53.9 Å². The normalized spacial score (nSPS) is 12.6. The lowest BCUT2D eigenvalue weighted by atomic mass is 9.91. The highest BCUT2D eigenvalue weighted by Gasteiger charge is 2.36. The second kappa shape index (κ2) is 6.85. The number of hydrogen-bond acceptors (Lipinski definition) is 4. The van der Waals surface area contributed by atoms with Gasteiger partial charge in [0.15, 0.2) is 11.3 Å². The number of aromatic nitrogens is 5. The Labute approximate surface area is 166 Å². The summed E-state index contributed by atoms with van der Waals surface area (Å²) in [6.07, 6.45) is -2.98. The Balaban J connectivity index is 2.02. The molecule has 3 rings (SSSR count). The van der Waals surface area contributed by atoms with Crippen LogP contribution in [-0.4, -0.2) is 42.2 Å². The predicted octanol–water partition coefficient (Wildman–Crippen LogP) is 3.36. The van der Waals surface area contributed by atoms with Crippen molar-refractivity contribution >= 4 is 11.6 Å². The first-order valence-corrected chi connectivity index (χ1v) is 9.00. The molecule has 7 nitrogen and oxygen atoms in total. The van der Waals surface area contributed by atoms with Crippen LogP contribution in [0.5, 0.6) is 0 Å². The molecule has 1 amide bonds. The fourth-order valence-electron chi connectivity index (χ4n) is 2.89. The molecule has 0 radical (unpaired) electrons. The number of nitrogens with zero attached hydrogens (tertiary/aromatic N) is 6. The van der Waals surface area contributed by atoms with Gasteiger partial charge in [-0.2, -0.15) is 23.4 Å². The number of halogens is 3. The number of amides is 1. The summed E-state index contributed by atoms with van der Waals surface area (Å²) in [6.45, 7) is 7.47. The molecular formula is C19H23F3N6O. The molecule has 3 aromatic heterocycles. The number of hydrogen-bond donors (Lipinski definition) is 0. The molecule has 0 aliphatic rings.